The average molecular weight is 568 g/mol. The van der Waals surface area contributed by atoms with E-state index in [-0.39, 0.29) is 12.1 Å². The number of rotatable bonds is 14. The van der Waals surface area contributed by atoms with Crippen molar-refractivity contribution in [2.75, 3.05) is 43.9 Å². The van der Waals surface area contributed by atoms with E-state index in [9.17, 15) is 4.79 Å². The highest BCUT2D eigenvalue weighted by Crippen LogP contribution is 2.27. The molecule has 1 aromatic carbocycles. The van der Waals surface area contributed by atoms with Gasteiger partial charge >= 0.3 is 5.97 Å². The Morgan fingerprint density at radius 3 is 2.75 bits per heavy atom. The van der Waals surface area contributed by atoms with Gasteiger partial charge in [0.15, 0.2) is 5.13 Å². The number of nitrogens with zero attached hydrogens (tertiary/aromatic N) is 3. The van der Waals surface area contributed by atoms with Crippen molar-refractivity contribution in [3.63, 3.8) is 0 Å². The second kappa shape index (κ2) is 14.2. The molecule has 0 bridgehead atoms. The Morgan fingerprint density at radius 1 is 1.15 bits per heavy atom. The van der Waals surface area contributed by atoms with Crippen LogP contribution in [0.5, 0.6) is 0 Å². The Balaban J connectivity index is 1.36. The standard InChI is InChI=1S/C31H45N5O3S/c1-22(38-5)21-36(19-9-8-12-24-16-15-23-11-10-18-32-28(23)33-24)20-17-26(29(37)39-31(2,3)4)35-30-34-25-13-6-7-14-27(25)40-30/h6-7,13-16,22,26H,8-12,17-21H2,1-5H3,(H,32,33)(H,34,35)/t22-,26+/m1/s1. The Labute approximate surface area is 242 Å². The first kappa shape index (κ1) is 30.2. The SMILES string of the molecule is CO[C@H](C)CN(CCCCc1ccc2c(n1)NCCC2)CC[C@H](Nc1nc2ccccc2s1)C(=O)OC(C)(C)C. The number of thiazole rings is 1. The number of anilines is 2. The molecule has 3 aromatic rings. The number of hydrogen-bond acceptors (Lipinski definition) is 9. The molecule has 2 aromatic heterocycles. The molecular weight excluding hydrogens is 522 g/mol. The quantitative estimate of drug-likeness (QED) is 0.183. The summed E-state index contributed by atoms with van der Waals surface area (Å²) >= 11 is 1.56. The van der Waals surface area contributed by atoms with E-state index in [4.69, 9.17) is 19.4 Å². The number of esters is 1. The van der Waals surface area contributed by atoms with E-state index in [2.05, 4.69) is 34.6 Å². The highest BCUT2D eigenvalue weighted by molar-refractivity contribution is 7.22. The number of nitrogens with one attached hydrogen (secondary N) is 2. The van der Waals surface area contributed by atoms with Crippen LogP contribution < -0.4 is 10.6 Å². The topological polar surface area (TPSA) is 88.6 Å². The first-order valence-corrected chi connectivity index (χ1v) is 15.3. The summed E-state index contributed by atoms with van der Waals surface area (Å²) in [5, 5.41) is 7.56. The normalized spacial score (nSPS) is 14.9. The van der Waals surface area contributed by atoms with E-state index < -0.39 is 11.6 Å². The van der Waals surface area contributed by atoms with Gasteiger partial charge in [-0.05, 0) is 96.5 Å². The van der Waals surface area contributed by atoms with Crippen LogP contribution in [0.25, 0.3) is 10.2 Å². The van der Waals surface area contributed by atoms with Crippen molar-refractivity contribution in [3.8, 4) is 0 Å². The fourth-order valence-electron chi connectivity index (χ4n) is 4.90. The number of pyridine rings is 1. The number of unbranched alkanes of at least 4 members (excludes halogenated alkanes) is 1. The minimum absolute atomic E-state index is 0.102. The lowest BCUT2D eigenvalue weighted by Gasteiger charge is -2.28. The molecule has 4 rings (SSSR count). The third kappa shape index (κ3) is 9.14. The molecule has 9 heteroatoms. The van der Waals surface area contributed by atoms with Gasteiger partial charge in [0.2, 0.25) is 0 Å². The highest BCUT2D eigenvalue weighted by atomic mass is 32.1. The summed E-state index contributed by atoms with van der Waals surface area (Å²) < 4.78 is 12.5. The maximum absolute atomic E-state index is 13.2. The molecule has 0 saturated carbocycles. The van der Waals surface area contributed by atoms with Crippen LogP contribution in [-0.4, -0.2) is 71.9 Å². The third-order valence-corrected chi connectivity index (χ3v) is 8.01. The molecule has 0 spiro atoms. The summed E-state index contributed by atoms with van der Waals surface area (Å²) in [5.41, 5.74) is 2.84. The monoisotopic (exact) mass is 567 g/mol. The van der Waals surface area contributed by atoms with E-state index in [1.54, 1.807) is 18.4 Å². The molecule has 0 amide bonds. The maximum atomic E-state index is 13.2. The minimum Gasteiger partial charge on any atom is -0.458 e. The summed E-state index contributed by atoms with van der Waals surface area (Å²) in [5.74, 6) is 0.812. The summed E-state index contributed by atoms with van der Waals surface area (Å²) in [6.07, 6.45) is 6.07. The number of para-hydroxylation sites is 1. The van der Waals surface area contributed by atoms with Crippen LogP contribution in [-0.2, 0) is 27.1 Å². The lowest BCUT2D eigenvalue weighted by atomic mass is 10.1. The van der Waals surface area contributed by atoms with Crippen LogP contribution in [0.1, 0.15) is 64.6 Å². The van der Waals surface area contributed by atoms with Gasteiger partial charge in [-0.2, -0.15) is 0 Å². The maximum Gasteiger partial charge on any atom is 0.329 e. The number of fused-ring (bicyclic) bond motifs is 2. The molecule has 218 valence electrons. The van der Waals surface area contributed by atoms with Crippen LogP contribution in [0.15, 0.2) is 36.4 Å². The average Bonchev–Trinajstić information content (AvgIpc) is 3.34. The van der Waals surface area contributed by atoms with Crippen LogP contribution in [0, 0.1) is 0 Å². The molecule has 1 aliphatic heterocycles. The Kier molecular flexibility index (Phi) is 10.8. The number of benzene rings is 1. The first-order valence-electron chi connectivity index (χ1n) is 14.5. The van der Waals surface area contributed by atoms with Crippen LogP contribution >= 0.6 is 11.3 Å². The summed E-state index contributed by atoms with van der Waals surface area (Å²) in [4.78, 5) is 25.2. The summed E-state index contributed by atoms with van der Waals surface area (Å²) in [7, 11) is 1.75. The van der Waals surface area contributed by atoms with Crippen molar-refractivity contribution in [1.82, 2.24) is 14.9 Å². The van der Waals surface area contributed by atoms with Crippen molar-refractivity contribution in [3.05, 3.63) is 47.7 Å². The van der Waals surface area contributed by atoms with Crippen LogP contribution in [0.4, 0.5) is 10.9 Å². The largest absolute Gasteiger partial charge is 0.458 e. The molecule has 40 heavy (non-hydrogen) atoms. The number of carbonyl (C=O) groups is 1. The van der Waals surface area contributed by atoms with Gasteiger partial charge in [0, 0.05) is 32.4 Å². The molecule has 0 fully saturated rings. The number of ether oxygens (including phenoxy) is 2. The predicted octanol–water partition coefficient (Wildman–Crippen LogP) is 5.92. The Morgan fingerprint density at radius 2 is 1.98 bits per heavy atom. The van der Waals surface area contributed by atoms with Gasteiger partial charge in [-0.3, -0.25) is 0 Å². The van der Waals surface area contributed by atoms with Crippen molar-refractivity contribution >= 4 is 38.5 Å². The second-order valence-electron chi connectivity index (χ2n) is 11.7. The van der Waals surface area contributed by atoms with Crippen molar-refractivity contribution in [1.29, 1.82) is 0 Å². The fourth-order valence-corrected chi connectivity index (χ4v) is 5.82. The zero-order valence-electron chi connectivity index (χ0n) is 24.7. The van der Waals surface area contributed by atoms with E-state index in [1.807, 2.05) is 45.0 Å². The summed E-state index contributed by atoms with van der Waals surface area (Å²) in [6, 6.07) is 11.9. The molecule has 1 aliphatic rings. The molecule has 8 nitrogen and oxygen atoms in total. The number of methoxy groups -OCH3 is 1. The number of aromatic nitrogens is 2. The van der Waals surface area contributed by atoms with Crippen molar-refractivity contribution in [2.24, 2.45) is 0 Å². The molecule has 0 radical (unpaired) electrons. The van der Waals surface area contributed by atoms with E-state index >= 15 is 0 Å². The zero-order chi connectivity index (χ0) is 28.5. The predicted molar refractivity (Wildman–Crippen MR) is 164 cm³/mol. The molecule has 0 unspecified atom stereocenters. The van der Waals surface area contributed by atoms with Crippen molar-refractivity contribution < 1.29 is 14.3 Å². The molecular formula is C31H45N5O3S. The van der Waals surface area contributed by atoms with Crippen LogP contribution in [0.3, 0.4) is 0 Å². The first-order chi connectivity index (χ1) is 19.2. The van der Waals surface area contributed by atoms with Gasteiger partial charge in [0.25, 0.3) is 0 Å². The Hall–Kier alpha value is -2.75. The van der Waals surface area contributed by atoms with Crippen molar-refractivity contribution in [2.45, 2.75) is 84.0 Å². The summed E-state index contributed by atoms with van der Waals surface area (Å²) in [6.45, 7) is 11.3. The molecule has 0 saturated heterocycles. The van der Waals surface area contributed by atoms with Gasteiger partial charge < -0.3 is 25.0 Å². The van der Waals surface area contributed by atoms with Gasteiger partial charge in [-0.25, -0.2) is 14.8 Å². The smallest absolute Gasteiger partial charge is 0.329 e. The number of aryl methyl sites for hydroxylation is 2. The molecule has 0 aliphatic carbocycles. The van der Waals surface area contributed by atoms with E-state index in [0.29, 0.717) is 6.42 Å². The highest BCUT2D eigenvalue weighted by Gasteiger charge is 2.27. The Bertz CT molecular complexity index is 1210. The lowest BCUT2D eigenvalue weighted by Crippen LogP contribution is -2.41. The van der Waals surface area contributed by atoms with Gasteiger partial charge in [-0.1, -0.05) is 29.5 Å². The number of carbonyl (C=O) groups excluding carboxylic acids is 1. The van der Waals surface area contributed by atoms with E-state index in [1.165, 1.54) is 12.0 Å². The molecule has 2 N–H and O–H groups in total. The minimum atomic E-state index is -0.560. The molecule has 2 atom stereocenters. The fraction of sp³-hybridized carbons (Fsp3) is 0.581. The van der Waals surface area contributed by atoms with Gasteiger partial charge in [0.1, 0.15) is 17.5 Å². The second-order valence-corrected chi connectivity index (χ2v) is 12.7. The zero-order valence-corrected chi connectivity index (χ0v) is 25.5. The van der Waals surface area contributed by atoms with Gasteiger partial charge in [-0.15, -0.1) is 0 Å². The molecule has 3 heterocycles. The number of hydrogen-bond donors (Lipinski definition) is 2. The van der Waals surface area contributed by atoms with E-state index in [0.717, 1.165) is 78.7 Å². The third-order valence-electron chi connectivity index (χ3n) is 7.04. The van der Waals surface area contributed by atoms with Crippen LogP contribution in [0.2, 0.25) is 0 Å². The van der Waals surface area contributed by atoms with Gasteiger partial charge in [0.05, 0.1) is 16.3 Å². The lowest BCUT2D eigenvalue weighted by molar-refractivity contribution is -0.156.